The summed E-state index contributed by atoms with van der Waals surface area (Å²) < 4.78 is 0. The number of hydrogen-bond acceptors (Lipinski definition) is 2. The lowest BCUT2D eigenvalue weighted by molar-refractivity contribution is 1.07. The summed E-state index contributed by atoms with van der Waals surface area (Å²) in [5.74, 6) is 0. The van der Waals surface area contributed by atoms with Crippen molar-refractivity contribution in [2.24, 2.45) is 5.73 Å². The van der Waals surface area contributed by atoms with E-state index in [9.17, 15) is 0 Å². The van der Waals surface area contributed by atoms with Crippen LogP contribution < -0.4 is 11.1 Å². The van der Waals surface area contributed by atoms with Crippen molar-refractivity contribution in [3.63, 3.8) is 0 Å². The molecule has 2 nitrogen and oxygen atoms in total. The van der Waals surface area contributed by atoms with E-state index in [0.29, 0.717) is 6.54 Å². The highest BCUT2D eigenvalue weighted by Crippen LogP contribution is 2.27. The van der Waals surface area contributed by atoms with E-state index in [4.69, 9.17) is 5.73 Å². The molecule has 4 aromatic rings. The zero-order valence-corrected chi connectivity index (χ0v) is 13.5. The second kappa shape index (κ2) is 6.34. The molecule has 0 atom stereocenters. The number of hydrogen-bond donors (Lipinski definition) is 2. The minimum Gasteiger partial charge on any atom is -0.381 e. The van der Waals surface area contributed by atoms with Crippen LogP contribution in [-0.2, 0) is 13.1 Å². The molecule has 0 saturated carbocycles. The fourth-order valence-corrected chi connectivity index (χ4v) is 3.36. The number of fused-ring (bicyclic) bond motifs is 2. The topological polar surface area (TPSA) is 38.0 Å². The molecule has 4 aromatic carbocycles. The van der Waals surface area contributed by atoms with Crippen molar-refractivity contribution in [3.05, 3.63) is 90.0 Å². The van der Waals surface area contributed by atoms with Gasteiger partial charge in [0.25, 0.3) is 0 Å². The van der Waals surface area contributed by atoms with Crippen molar-refractivity contribution < 1.29 is 0 Å². The van der Waals surface area contributed by atoms with Crippen molar-refractivity contribution in [3.8, 4) is 0 Å². The van der Waals surface area contributed by atoms with Crippen LogP contribution >= 0.6 is 0 Å². The third-order valence-electron chi connectivity index (χ3n) is 4.59. The van der Waals surface area contributed by atoms with E-state index in [1.165, 1.54) is 32.7 Å². The molecule has 0 amide bonds. The summed E-state index contributed by atoms with van der Waals surface area (Å²) in [7, 11) is 0. The maximum absolute atomic E-state index is 6.04. The smallest absolute Gasteiger partial charge is 0.0407 e. The highest BCUT2D eigenvalue weighted by atomic mass is 14.9. The van der Waals surface area contributed by atoms with Crippen molar-refractivity contribution in [1.82, 2.24) is 0 Å². The van der Waals surface area contributed by atoms with Crippen molar-refractivity contribution in [2.45, 2.75) is 13.1 Å². The number of benzene rings is 4. The molecule has 24 heavy (non-hydrogen) atoms. The van der Waals surface area contributed by atoms with Gasteiger partial charge >= 0.3 is 0 Å². The van der Waals surface area contributed by atoms with Gasteiger partial charge in [-0.05, 0) is 38.7 Å². The first-order valence-electron chi connectivity index (χ1n) is 8.28. The van der Waals surface area contributed by atoms with Crippen LogP contribution in [0.4, 0.5) is 5.69 Å². The molecule has 118 valence electrons. The Morgan fingerprint density at radius 1 is 0.667 bits per heavy atom. The first kappa shape index (κ1) is 14.7. The van der Waals surface area contributed by atoms with Crippen LogP contribution in [-0.4, -0.2) is 0 Å². The van der Waals surface area contributed by atoms with E-state index < -0.39 is 0 Å². The van der Waals surface area contributed by atoms with E-state index in [2.05, 4.69) is 84.2 Å². The first-order chi connectivity index (χ1) is 11.9. The Morgan fingerprint density at radius 2 is 1.33 bits per heavy atom. The molecule has 0 aliphatic rings. The average Bonchev–Trinajstić information content (AvgIpc) is 2.65. The van der Waals surface area contributed by atoms with Crippen LogP contribution in [0.25, 0.3) is 21.5 Å². The van der Waals surface area contributed by atoms with Gasteiger partial charge in [-0.2, -0.15) is 0 Å². The van der Waals surface area contributed by atoms with Gasteiger partial charge in [-0.15, -0.1) is 0 Å². The molecular formula is C22H20N2. The Hall–Kier alpha value is -2.84. The van der Waals surface area contributed by atoms with Crippen molar-refractivity contribution in [2.75, 3.05) is 5.32 Å². The second-order valence-corrected chi connectivity index (χ2v) is 6.01. The predicted octanol–water partition coefficient (Wildman–Crippen LogP) is 5.06. The SMILES string of the molecule is NCc1c(NCc2cccc3ccccc23)ccc2ccccc12. The molecular weight excluding hydrogens is 292 g/mol. The normalized spacial score (nSPS) is 11.0. The largest absolute Gasteiger partial charge is 0.381 e. The maximum Gasteiger partial charge on any atom is 0.0407 e. The van der Waals surface area contributed by atoms with Gasteiger partial charge < -0.3 is 11.1 Å². The molecule has 0 spiro atoms. The summed E-state index contributed by atoms with van der Waals surface area (Å²) in [5.41, 5.74) is 9.62. The molecule has 0 fully saturated rings. The van der Waals surface area contributed by atoms with E-state index >= 15 is 0 Å². The van der Waals surface area contributed by atoms with Gasteiger partial charge in [0.05, 0.1) is 0 Å². The van der Waals surface area contributed by atoms with E-state index in [1.54, 1.807) is 0 Å². The maximum atomic E-state index is 6.04. The van der Waals surface area contributed by atoms with Gasteiger partial charge in [-0.1, -0.05) is 72.8 Å². The standard InChI is InChI=1S/C22H20N2/c23-14-21-20-11-4-2-7-17(20)12-13-22(21)24-15-18-9-5-8-16-6-1-3-10-19(16)18/h1-13,24H,14-15,23H2. The summed E-state index contributed by atoms with van der Waals surface area (Å²) in [6.45, 7) is 1.31. The Kier molecular flexibility index (Phi) is 3.89. The van der Waals surface area contributed by atoms with Crippen LogP contribution in [0.5, 0.6) is 0 Å². The van der Waals surface area contributed by atoms with E-state index in [-0.39, 0.29) is 0 Å². The third-order valence-corrected chi connectivity index (χ3v) is 4.59. The van der Waals surface area contributed by atoms with Crippen LogP contribution in [0.2, 0.25) is 0 Å². The van der Waals surface area contributed by atoms with Crippen LogP contribution in [0.15, 0.2) is 78.9 Å². The minimum atomic E-state index is 0.527. The van der Waals surface area contributed by atoms with Crippen molar-refractivity contribution in [1.29, 1.82) is 0 Å². The summed E-state index contributed by atoms with van der Waals surface area (Å²) in [4.78, 5) is 0. The highest BCUT2D eigenvalue weighted by molar-refractivity contribution is 5.90. The Balaban J connectivity index is 1.69. The van der Waals surface area contributed by atoms with Crippen LogP contribution in [0, 0.1) is 0 Å². The molecule has 0 saturated heterocycles. The first-order valence-corrected chi connectivity index (χ1v) is 8.28. The number of anilines is 1. The number of nitrogens with one attached hydrogen (secondary N) is 1. The van der Waals surface area contributed by atoms with Gasteiger partial charge in [-0.25, -0.2) is 0 Å². The fourth-order valence-electron chi connectivity index (χ4n) is 3.36. The summed E-state index contributed by atoms with van der Waals surface area (Å²) in [5, 5.41) is 8.61. The summed E-state index contributed by atoms with van der Waals surface area (Å²) in [6.07, 6.45) is 0. The predicted molar refractivity (Wildman–Crippen MR) is 103 cm³/mol. The minimum absolute atomic E-state index is 0.527. The lowest BCUT2D eigenvalue weighted by atomic mass is 10.0. The van der Waals surface area contributed by atoms with Gasteiger partial charge in [0.15, 0.2) is 0 Å². The van der Waals surface area contributed by atoms with Gasteiger partial charge in [0, 0.05) is 18.8 Å². The molecule has 0 unspecified atom stereocenters. The average molecular weight is 312 g/mol. The van der Waals surface area contributed by atoms with E-state index in [1.807, 2.05) is 0 Å². The lowest BCUT2D eigenvalue weighted by Gasteiger charge is -2.15. The Bertz CT molecular complexity index is 1000. The zero-order chi connectivity index (χ0) is 16.4. The van der Waals surface area contributed by atoms with Crippen LogP contribution in [0.3, 0.4) is 0 Å². The number of rotatable bonds is 4. The monoisotopic (exact) mass is 312 g/mol. The lowest BCUT2D eigenvalue weighted by Crippen LogP contribution is -2.06. The van der Waals surface area contributed by atoms with Gasteiger partial charge in [-0.3, -0.25) is 0 Å². The quantitative estimate of drug-likeness (QED) is 0.552. The Morgan fingerprint density at radius 3 is 2.12 bits per heavy atom. The molecule has 0 bridgehead atoms. The second-order valence-electron chi connectivity index (χ2n) is 6.01. The van der Waals surface area contributed by atoms with Gasteiger partial charge in [0.1, 0.15) is 0 Å². The summed E-state index contributed by atoms with van der Waals surface area (Å²) >= 11 is 0. The zero-order valence-electron chi connectivity index (χ0n) is 13.5. The number of nitrogens with two attached hydrogens (primary N) is 1. The molecule has 0 aliphatic carbocycles. The fraction of sp³-hybridized carbons (Fsp3) is 0.0909. The molecule has 4 rings (SSSR count). The highest BCUT2D eigenvalue weighted by Gasteiger charge is 2.07. The molecule has 0 aromatic heterocycles. The Labute approximate surface area is 141 Å². The molecule has 0 aliphatic heterocycles. The molecule has 2 heteroatoms. The van der Waals surface area contributed by atoms with E-state index in [0.717, 1.165) is 12.2 Å². The molecule has 0 radical (unpaired) electrons. The summed E-state index contributed by atoms with van der Waals surface area (Å²) in [6, 6.07) is 27.6. The molecule has 3 N–H and O–H groups in total. The van der Waals surface area contributed by atoms with Crippen LogP contribution in [0.1, 0.15) is 11.1 Å². The molecule has 0 heterocycles. The third kappa shape index (κ3) is 2.61. The van der Waals surface area contributed by atoms with Gasteiger partial charge in [0.2, 0.25) is 0 Å². The van der Waals surface area contributed by atoms with Crippen molar-refractivity contribution >= 4 is 27.2 Å².